The fraction of sp³-hybridized carbons (Fsp3) is 0.716. The molecule has 81 heavy (non-hydrogen) atoms. The lowest BCUT2D eigenvalue weighted by atomic mass is 9.97. The highest BCUT2D eigenvalue weighted by molar-refractivity contribution is 5.76. The van der Waals surface area contributed by atoms with Crippen LogP contribution in [0.1, 0.15) is 213 Å². The molecule has 2 fully saturated rings. The molecule has 2 aliphatic heterocycles. The van der Waals surface area contributed by atoms with Crippen LogP contribution in [0.3, 0.4) is 0 Å². The maximum Gasteiger partial charge on any atom is 0.220 e. The zero-order valence-electron chi connectivity index (χ0n) is 50.0. The van der Waals surface area contributed by atoms with E-state index in [1.807, 2.05) is 6.08 Å². The highest BCUT2D eigenvalue weighted by Gasteiger charge is 2.51. The van der Waals surface area contributed by atoms with Gasteiger partial charge in [-0.1, -0.05) is 232 Å². The minimum absolute atomic E-state index is 0.257. The Kier molecular flexibility index (Phi) is 46.5. The summed E-state index contributed by atoms with van der Waals surface area (Å²) in [5.41, 5.74) is 0. The van der Waals surface area contributed by atoms with Gasteiger partial charge in [0.15, 0.2) is 12.6 Å². The summed E-state index contributed by atoms with van der Waals surface area (Å²) in [5.74, 6) is -0.258. The van der Waals surface area contributed by atoms with Crippen LogP contribution >= 0.6 is 0 Å². The van der Waals surface area contributed by atoms with Gasteiger partial charge in [-0.05, 0) is 83.5 Å². The van der Waals surface area contributed by atoms with Crippen molar-refractivity contribution < 1.29 is 64.6 Å². The summed E-state index contributed by atoms with van der Waals surface area (Å²) in [6.07, 6.45) is 55.5. The molecule has 0 saturated carbocycles. The van der Waals surface area contributed by atoms with Gasteiger partial charge in [-0.15, -0.1) is 0 Å². The zero-order valence-corrected chi connectivity index (χ0v) is 50.0. The van der Waals surface area contributed by atoms with E-state index in [1.165, 1.54) is 77.0 Å². The molecular formula is C67H113NO13. The molecule has 0 bridgehead atoms. The number of ether oxygens (including phenoxy) is 4. The topological polar surface area (TPSA) is 228 Å². The Hall–Kier alpha value is -3.35. The third-order valence-electron chi connectivity index (χ3n) is 14.7. The van der Waals surface area contributed by atoms with E-state index in [9.17, 15) is 45.6 Å². The lowest BCUT2D eigenvalue weighted by Gasteiger charge is -2.46. The van der Waals surface area contributed by atoms with Gasteiger partial charge < -0.3 is 65.1 Å². The number of carbonyl (C=O) groups is 1. The number of nitrogens with one attached hydrogen (secondary N) is 1. The molecule has 0 aromatic heterocycles. The second kappa shape index (κ2) is 51.1. The van der Waals surface area contributed by atoms with Crippen LogP contribution < -0.4 is 5.32 Å². The minimum Gasteiger partial charge on any atom is -0.394 e. The number of hydrogen-bond acceptors (Lipinski definition) is 13. The summed E-state index contributed by atoms with van der Waals surface area (Å²) >= 11 is 0. The highest BCUT2D eigenvalue weighted by Crippen LogP contribution is 2.30. The summed E-state index contributed by atoms with van der Waals surface area (Å²) in [5, 5.41) is 87.2. The predicted molar refractivity (Wildman–Crippen MR) is 327 cm³/mol. The Bertz CT molecular complexity index is 1770. The summed E-state index contributed by atoms with van der Waals surface area (Å²) in [7, 11) is 0. The third-order valence-corrected chi connectivity index (χ3v) is 14.7. The van der Waals surface area contributed by atoms with Crippen molar-refractivity contribution in [3.05, 3.63) is 109 Å². The Labute approximate surface area is 489 Å². The standard InChI is InChI=1S/C67H113NO13/c1-3-5-7-9-11-13-15-17-19-21-22-23-24-25-26-27-28-29-30-31-32-33-34-35-37-39-41-43-45-47-49-51-59(72)68-55(56(71)50-48-46-44-42-40-38-36-20-18-16-14-12-10-8-6-4-2)54-78-66-64(77)62(75)65(58(53-70)80-66)81-67-63(76)61(74)60(73)57(52-69)79-67/h5,7,11,13,17,19,22-23,25-26,28-29,31-32,34-35,48,50,55-58,60-67,69-71,73-77H,3-4,6,8-10,12,14-16,18,20-21,24,27,30,33,36-47,49,51-54H2,1-2H3,(H,68,72)/b7-5-,13-11-,19-17-,23-22-,26-25-,29-28-,32-31-,35-34-,50-48+. The normalized spacial score (nSPS) is 24.9. The van der Waals surface area contributed by atoms with E-state index in [1.54, 1.807) is 6.08 Å². The first-order valence-corrected chi connectivity index (χ1v) is 31.6. The van der Waals surface area contributed by atoms with Crippen molar-refractivity contribution in [1.29, 1.82) is 0 Å². The van der Waals surface area contributed by atoms with Crippen molar-refractivity contribution in [1.82, 2.24) is 5.32 Å². The van der Waals surface area contributed by atoms with Crippen molar-refractivity contribution in [2.75, 3.05) is 19.8 Å². The molecule has 12 unspecified atom stereocenters. The smallest absolute Gasteiger partial charge is 0.220 e. The van der Waals surface area contributed by atoms with E-state index in [-0.39, 0.29) is 18.9 Å². The molecule has 0 spiro atoms. The maximum atomic E-state index is 13.3. The molecule has 14 heteroatoms. The molecule has 1 amide bonds. The van der Waals surface area contributed by atoms with Crippen molar-refractivity contribution in [3.63, 3.8) is 0 Å². The summed E-state index contributed by atoms with van der Waals surface area (Å²) < 4.78 is 22.8. The number of aliphatic hydroxyl groups is 8. The van der Waals surface area contributed by atoms with Gasteiger partial charge in [0, 0.05) is 6.42 Å². The van der Waals surface area contributed by atoms with E-state index >= 15 is 0 Å². The number of allylic oxidation sites excluding steroid dienone is 17. The molecule has 2 heterocycles. The fourth-order valence-corrected chi connectivity index (χ4v) is 9.66. The molecule has 464 valence electrons. The highest BCUT2D eigenvalue weighted by atomic mass is 16.7. The number of carbonyl (C=O) groups excluding carboxylic acids is 1. The maximum absolute atomic E-state index is 13.3. The second-order valence-corrected chi connectivity index (χ2v) is 21.8. The first-order chi connectivity index (χ1) is 39.6. The Morgan fingerprint density at radius 1 is 0.457 bits per heavy atom. The zero-order chi connectivity index (χ0) is 58.8. The van der Waals surface area contributed by atoms with Crippen LogP contribution in [-0.2, 0) is 23.7 Å². The fourth-order valence-electron chi connectivity index (χ4n) is 9.66. The van der Waals surface area contributed by atoms with Gasteiger partial charge in [0.25, 0.3) is 0 Å². The van der Waals surface area contributed by atoms with E-state index in [0.29, 0.717) is 6.42 Å². The van der Waals surface area contributed by atoms with Crippen LogP contribution in [0.5, 0.6) is 0 Å². The van der Waals surface area contributed by atoms with Crippen LogP contribution in [0.15, 0.2) is 109 Å². The second-order valence-electron chi connectivity index (χ2n) is 21.8. The van der Waals surface area contributed by atoms with Gasteiger partial charge in [0.05, 0.1) is 32.0 Å². The van der Waals surface area contributed by atoms with Crippen LogP contribution in [0, 0.1) is 0 Å². The van der Waals surface area contributed by atoms with Gasteiger partial charge in [-0.2, -0.15) is 0 Å². The SMILES string of the molecule is CC/C=C\C/C=C\C/C=C\C/C=C\C/C=C\C/C=C\C/C=C\C/C=C\CCCCCCCCC(=O)NC(COC1OC(CO)C(OC2OC(CO)C(O)C(O)C2O)C(O)C1O)C(O)/C=C/CCCCCCCCCCCCCCCC. The Balaban J connectivity index is 1.73. The summed E-state index contributed by atoms with van der Waals surface area (Å²) in [6.45, 7) is 2.66. The van der Waals surface area contributed by atoms with E-state index in [4.69, 9.17) is 18.9 Å². The molecule has 0 radical (unpaired) electrons. The van der Waals surface area contributed by atoms with Gasteiger partial charge in [-0.25, -0.2) is 0 Å². The van der Waals surface area contributed by atoms with Gasteiger partial charge in [-0.3, -0.25) is 4.79 Å². The number of unbranched alkanes of at least 4 members (excludes halogenated alkanes) is 20. The molecular weight excluding hydrogens is 1030 g/mol. The summed E-state index contributed by atoms with van der Waals surface area (Å²) in [6, 6.07) is -0.931. The molecule has 2 rings (SSSR count). The largest absolute Gasteiger partial charge is 0.394 e. The van der Waals surface area contributed by atoms with Crippen molar-refractivity contribution >= 4 is 5.91 Å². The average molecular weight is 1140 g/mol. The summed E-state index contributed by atoms with van der Waals surface area (Å²) in [4.78, 5) is 13.3. The monoisotopic (exact) mass is 1140 g/mol. The van der Waals surface area contributed by atoms with Crippen LogP contribution in [-0.4, -0.2) is 140 Å². The van der Waals surface area contributed by atoms with E-state index in [2.05, 4.69) is 116 Å². The molecule has 0 aromatic rings. The number of amides is 1. The van der Waals surface area contributed by atoms with Gasteiger partial charge in [0.1, 0.15) is 48.8 Å². The van der Waals surface area contributed by atoms with Crippen LogP contribution in [0.25, 0.3) is 0 Å². The average Bonchev–Trinajstić information content (AvgIpc) is 3.47. The first kappa shape index (κ1) is 73.8. The van der Waals surface area contributed by atoms with Crippen LogP contribution in [0.2, 0.25) is 0 Å². The number of rotatable bonds is 49. The Morgan fingerprint density at radius 2 is 0.852 bits per heavy atom. The number of aliphatic hydroxyl groups excluding tert-OH is 8. The molecule has 0 aromatic carbocycles. The van der Waals surface area contributed by atoms with Crippen LogP contribution in [0.4, 0.5) is 0 Å². The van der Waals surface area contributed by atoms with Gasteiger partial charge in [0.2, 0.25) is 5.91 Å². The minimum atomic E-state index is -1.79. The predicted octanol–water partition coefficient (Wildman–Crippen LogP) is 11.6. The molecule has 2 saturated heterocycles. The van der Waals surface area contributed by atoms with E-state index < -0.39 is 86.8 Å². The molecule has 0 aliphatic carbocycles. The lowest BCUT2D eigenvalue weighted by molar-refractivity contribution is -0.359. The molecule has 14 nitrogen and oxygen atoms in total. The third kappa shape index (κ3) is 36.2. The van der Waals surface area contributed by atoms with Crippen molar-refractivity contribution in [3.8, 4) is 0 Å². The molecule has 2 aliphatic rings. The van der Waals surface area contributed by atoms with Crippen molar-refractivity contribution in [2.45, 2.75) is 286 Å². The Morgan fingerprint density at radius 3 is 1.31 bits per heavy atom. The molecule has 12 atom stereocenters. The van der Waals surface area contributed by atoms with Crippen molar-refractivity contribution in [2.24, 2.45) is 0 Å². The lowest BCUT2D eigenvalue weighted by Crippen LogP contribution is -2.65. The van der Waals surface area contributed by atoms with E-state index in [0.717, 1.165) is 109 Å². The van der Waals surface area contributed by atoms with Gasteiger partial charge >= 0.3 is 0 Å². The first-order valence-electron chi connectivity index (χ1n) is 31.6. The number of hydrogen-bond donors (Lipinski definition) is 9. The molecule has 9 N–H and O–H groups in total. The quantitative estimate of drug-likeness (QED) is 0.0204.